The number of hydrogen-bond acceptors (Lipinski definition) is 1. The van der Waals surface area contributed by atoms with Crippen LogP contribution in [0, 0.1) is 0 Å². The molecule has 0 spiro atoms. The minimum Gasteiger partial charge on any atom is -0.310 e. The Kier molecular flexibility index (Phi) is 5.70. The van der Waals surface area contributed by atoms with E-state index in [-0.39, 0.29) is 5.41 Å². The summed E-state index contributed by atoms with van der Waals surface area (Å²) < 4.78 is 0. The molecule has 6 rings (SSSR count). The average Bonchev–Trinajstić information content (AvgIpc) is 2.98. The van der Waals surface area contributed by atoms with Crippen LogP contribution in [0.25, 0.3) is 21.5 Å². The van der Waals surface area contributed by atoms with Crippen LogP contribution in [0.15, 0.2) is 127 Å². The highest BCUT2D eigenvalue weighted by Gasteiger charge is 2.25. The second kappa shape index (κ2) is 9.17. The zero-order valence-corrected chi connectivity index (χ0v) is 21.0. The molecule has 176 valence electrons. The molecule has 0 heterocycles. The van der Waals surface area contributed by atoms with E-state index in [0.717, 1.165) is 12.8 Å². The first-order valence-electron chi connectivity index (χ1n) is 12.8. The fourth-order valence-corrected chi connectivity index (χ4v) is 5.56. The van der Waals surface area contributed by atoms with Gasteiger partial charge in [-0.3, -0.25) is 0 Å². The normalized spacial score (nSPS) is 16.5. The third kappa shape index (κ3) is 4.01. The minimum absolute atomic E-state index is 0.0433. The molecule has 0 N–H and O–H groups in total. The summed E-state index contributed by atoms with van der Waals surface area (Å²) in [7, 11) is 0. The highest BCUT2D eigenvalue weighted by molar-refractivity contribution is 6.14. The first kappa shape index (κ1) is 22.4. The van der Waals surface area contributed by atoms with Gasteiger partial charge in [-0.1, -0.05) is 111 Å². The van der Waals surface area contributed by atoms with Crippen LogP contribution >= 0.6 is 0 Å². The molecule has 0 aliphatic heterocycles. The molecule has 1 aliphatic rings. The largest absolute Gasteiger partial charge is 0.310 e. The Morgan fingerprint density at radius 1 is 0.611 bits per heavy atom. The molecule has 0 saturated carbocycles. The number of fused-ring (bicyclic) bond motifs is 4. The Morgan fingerprint density at radius 3 is 2.14 bits per heavy atom. The van der Waals surface area contributed by atoms with Crippen molar-refractivity contribution in [1.82, 2.24) is 0 Å². The summed E-state index contributed by atoms with van der Waals surface area (Å²) in [4.78, 5) is 2.43. The van der Waals surface area contributed by atoms with Gasteiger partial charge in [0.15, 0.2) is 0 Å². The third-order valence-corrected chi connectivity index (χ3v) is 7.43. The van der Waals surface area contributed by atoms with Crippen LogP contribution in [-0.2, 0) is 11.8 Å². The highest BCUT2D eigenvalue weighted by Crippen LogP contribution is 2.43. The molecule has 5 aromatic carbocycles. The van der Waals surface area contributed by atoms with Gasteiger partial charge in [-0.25, -0.2) is 0 Å². The molecular formula is C35H31N. The molecule has 0 bridgehead atoms. The maximum Gasteiger partial charge on any atom is 0.0546 e. The summed E-state index contributed by atoms with van der Waals surface area (Å²) in [5.74, 6) is 0. The van der Waals surface area contributed by atoms with E-state index in [4.69, 9.17) is 0 Å². The van der Waals surface area contributed by atoms with Crippen molar-refractivity contribution in [2.24, 2.45) is 0 Å². The van der Waals surface area contributed by atoms with Crippen molar-refractivity contribution in [3.05, 3.63) is 139 Å². The highest BCUT2D eigenvalue weighted by atomic mass is 15.1. The first-order chi connectivity index (χ1) is 17.6. The van der Waals surface area contributed by atoms with Gasteiger partial charge >= 0.3 is 0 Å². The number of hydrogen-bond donors (Lipinski definition) is 0. The van der Waals surface area contributed by atoms with Gasteiger partial charge in [0.2, 0.25) is 0 Å². The summed E-state index contributed by atoms with van der Waals surface area (Å²) >= 11 is 0. The topological polar surface area (TPSA) is 3.24 Å². The Hall–Kier alpha value is -4.10. The molecule has 0 fully saturated rings. The van der Waals surface area contributed by atoms with Crippen molar-refractivity contribution >= 4 is 38.6 Å². The van der Waals surface area contributed by atoms with Crippen molar-refractivity contribution in [2.45, 2.75) is 32.1 Å². The van der Waals surface area contributed by atoms with E-state index in [0.29, 0.717) is 0 Å². The number of anilines is 3. The summed E-state index contributed by atoms with van der Waals surface area (Å²) in [6, 6.07) is 37.7. The van der Waals surface area contributed by atoms with Gasteiger partial charge in [-0.2, -0.15) is 0 Å². The van der Waals surface area contributed by atoms with E-state index in [1.165, 1.54) is 49.7 Å². The van der Waals surface area contributed by atoms with Gasteiger partial charge in [0.25, 0.3) is 0 Å². The van der Waals surface area contributed by atoms with Gasteiger partial charge in [-0.15, -0.1) is 0 Å². The zero-order valence-electron chi connectivity index (χ0n) is 21.0. The van der Waals surface area contributed by atoms with Gasteiger partial charge < -0.3 is 4.90 Å². The maximum absolute atomic E-state index is 2.43. The Morgan fingerprint density at radius 2 is 1.31 bits per heavy atom. The van der Waals surface area contributed by atoms with E-state index in [1.807, 2.05) is 0 Å². The fourth-order valence-electron chi connectivity index (χ4n) is 5.56. The second-order valence-corrected chi connectivity index (χ2v) is 10.3. The Labute approximate surface area is 214 Å². The Bertz CT molecular complexity index is 1600. The van der Waals surface area contributed by atoms with Gasteiger partial charge in [0, 0.05) is 16.8 Å². The van der Waals surface area contributed by atoms with Crippen LogP contribution in [0.1, 0.15) is 31.4 Å². The molecular weight excluding hydrogens is 434 g/mol. The number of rotatable bonds is 3. The molecule has 5 aromatic rings. The zero-order chi connectivity index (χ0) is 24.5. The number of para-hydroxylation sites is 1. The van der Waals surface area contributed by atoms with Crippen LogP contribution in [0.2, 0.25) is 0 Å². The minimum atomic E-state index is 0.0433. The van der Waals surface area contributed by atoms with Gasteiger partial charge in [0.05, 0.1) is 5.69 Å². The van der Waals surface area contributed by atoms with Crippen molar-refractivity contribution in [1.29, 1.82) is 0 Å². The van der Waals surface area contributed by atoms with Crippen LogP contribution < -0.4 is 4.90 Å². The van der Waals surface area contributed by atoms with E-state index < -0.39 is 0 Å². The summed E-state index contributed by atoms with van der Waals surface area (Å²) in [5, 5.41) is 5.09. The van der Waals surface area contributed by atoms with Crippen molar-refractivity contribution in [2.75, 3.05) is 4.90 Å². The predicted molar refractivity (Wildman–Crippen MR) is 156 cm³/mol. The average molecular weight is 466 g/mol. The van der Waals surface area contributed by atoms with E-state index in [9.17, 15) is 0 Å². The van der Waals surface area contributed by atoms with Crippen LogP contribution in [0.5, 0.6) is 0 Å². The molecule has 1 heteroatoms. The molecule has 0 unspecified atom stereocenters. The molecule has 0 atom stereocenters. The first-order valence-corrected chi connectivity index (χ1v) is 12.8. The molecule has 1 nitrogen and oxygen atoms in total. The van der Waals surface area contributed by atoms with E-state index in [2.05, 4.69) is 146 Å². The van der Waals surface area contributed by atoms with Crippen LogP contribution in [0.4, 0.5) is 17.1 Å². The van der Waals surface area contributed by atoms with Crippen molar-refractivity contribution in [3.63, 3.8) is 0 Å². The maximum atomic E-state index is 2.43. The third-order valence-electron chi connectivity index (χ3n) is 7.43. The molecule has 36 heavy (non-hydrogen) atoms. The molecule has 0 saturated heterocycles. The number of allylic oxidation sites excluding steroid dienone is 4. The lowest BCUT2D eigenvalue weighted by Gasteiger charge is -2.31. The molecule has 0 amide bonds. The Balaban J connectivity index is 1.63. The van der Waals surface area contributed by atoms with Crippen LogP contribution in [-0.4, -0.2) is 0 Å². The lowest BCUT2D eigenvalue weighted by atomic mass is 9.78. The summed E-state index contributed by atoms with van der Waals surface area (Å²) in [6.45, 7) is 4.73. The number of nitrogens with zero attached hydrogens (tertiary/aromatic N) is 1. The summed E-state index contributed by atoms with van der Waals surface area (Å²) in [5.41, 5.74) is 6.43. The van der Waals surface area contributed by atoms with Crippen molar-refractivity contribution < 1.29 is 0 Å². The quantitative estimate of drug-likeness (QED) is 0.240. The number of benzene rings is 5. The van der Waals surface area contributed by atoms with Crippen LogP contribution in [0.3, 0.4) is 0 Å². The summed E-state index contributed by atoms with van der Waals surface area (Å²) in [6.07, 6.45) is 10.9. The fraction of sp³-hybridized carbons (Fsp3) is 0.143. The van der Waals surface area contributed by atoms with E-state index >= 15 is 0 Å². The van der Waals surface area contributed by atoms with Crippen molar-refractivity contribution in [3.8, 4) is 0 Å². The predicted octanol–water partition coefficient (Wildman–Crippen LogP) is 9.80. The van der Waals surface area contributed by atoms with Gasteiger partial charge in [-0.05, 0) is 75.9 Å². The SMILES string of the molecule is CC1(C)C/C=C\C=C/Cc2ccc(N(c3ccccc3)c3cc4ccccc4c4ccccc34)cc21. The lowest BCUT2D eigenvalue weighted by molar-refractivity contribution is 0.530. The smallest absolute Gasteiger partial charge is 0.0546 e. The molecule has 0 aromatic heterocycles. The van der Waals surface area contributed by atoms with E-state index in [1.54, 1.807) is 0 Å². The standard InChI is InChI=1S/C35H31N/c1-35(2)23-13-4-3-6-14-26-21-22-29(25-33(26)35)36(28-16-7-5-8-17-28)34-24-27-15-9-10-18-30(27)31-19-11-12-20-32(31)34/h3-13,15-22,24-25H,14,23H2,1-2H3/b6-3-,13-4-. The molecule has 0 radical (unpaired) electrons. The second-order valence-electron chi connectivity index (χ2n) is 10.3. The molecule has 1 aliphatic carbocycles. The lowest BCUT2D eigenvalue weighted by Crippen LogP contribution is -2.20. The van der Waals surface area contributed by atoms with Gasteiger partial charge in [0.1, 0.15) is 0 Å². The monoisotopic (exact) mass is 465 g/mol.